The van der Waals surface area contributed by atoms with Crippen LogP contribution in [0.4, 0.5) is 5.69 Å². The van der Waals surface area contributed by atoms with Crippen molar-refractivity contribution in [3.8, 4) is 0 Å². The molecule has 0 saturated carbocycles. The Morgan fingerprint density at radius 1 is 0.920 bits per heavy atom. The predicted octanol–water partition coefficient (Wildman–Crippen LogP) is 3.12. The zero-order valence-corrected chi connectivity index (χ0v) is 17.5. The van der Waals surface area contributed by atoms with Crippen molar-refractivity contribution < 1.29 is 16.8 Å². The predicted molar refractivity (Wildman–Crippen MR) is 102 cm³/mol. The second-order valence-corrected chi connectivity index (χ2v) is 10.4. The van der Waals surface area contributed by atoms with Crippen molar-refractivity contribution in [2.75, 3.05) is 18.8 Å². The third-order valence-corrected chi connectivity index (χ3v) is 7.86. The van der Waals surface area contributed by atoms with Gasteiger partial charge in [-0.3, -0.25) is 4.72 Å². The first-order valence-electron chi connectivity index (χ1n) is 7.27. The molecule has 0 spiro atoms. The molecule has 0 radical (unpaired) electrons. The fourth-order valence-electron chi connectivity index (χ4n) is 2.14. The molecular formula is C16H19BrN2O4S2. The highest BCUT2D eigenvalue weighted by Crippen LogP contribution is 2.25. The van der Waals surface area contributed by atoms with E-state index in [1.54, 1.807) is 26.0 Å². The number of hydrogen-bond donors (Lipinski definition) is 1. The summed E-state index contributed by atoms with van der Waals surface area (Å²) in [5, 5.41) is 0. The second kappa shape index (κ2) is 7.06. The first-order valence-corrected chi connectivity index (χ1v) is 11.0. The van der Waals surface area contributed by atoms with E-state index in [9.17, 15) is 16.8 Å². The molecule has 136 valence electrons. The monoisotopic (exact) mass is 446 g/mol. The molecule has 0 bridgehead atoms. The second-order valence-electron chi connectivity index (χ2n) is 5.78. The average molecular weight is 447 g/mol. The van der Waals surface area contributed by atoms with E-state index in [-0.39, 0.29) is 15.5 Å². The normalized spacial score (nSPS) is 12.4. The number of nitrogens with one attached hydrogen (secondary N) is 1. The molecule has 0 atom stereocenters. The van der Waals surface area contributed by atoms with E-state index in [1.807, 2.05) is 0 Å². The summed E-state index contributed by atoms with van der Waals surface area (Å²) in [5.41, 5.74) is 1.50. The maximum Gasteiger partial charge on any atom is 0.261 e. The molecule has 0 fully saturated rings. The summed E-state index contributed by atoms with van der Waals surface area (Å²) in [6.45, 7) is 3.45. The Bertz CT molecular complexity index is 1020. The van der Waals surface area contributed by atoms with Crippen molar-refractivity contribution in [1.82, 2.24) is 4.31 Å². The van der Waals surface area contributed by atoms with E-state index in [0.717, 1.165) is 14.3 Å². The van der Waals surface area contributed by atoms with E-state index in [4.69, 9.17) is 0 Å². The van der Waals surface area contributed by atoms with Crippen LogP contribution in [-0.4, -0.2) is 35.2 Å². The van der Waals surface area contributed by atoms with Crippen molar-refractivity contribution in [2.45, 2.75) is 23.6 Å². The van der Waals surface area contributed by atoms with Gasteiger partial charge in [-0.1, -0.05) is 22.0 Å². The van der Waals surface area contributed by atoms with Gasteiger partial charge in [0.15, 0.2) is 0 Å². The van der Waals surface area contributed by atoms with Gasteiger partial charge < -0.3 is 0 Å². The minimum absolute atomic E-state index is 0.0599. The van der Waals surface area contributed by atoms with Crippen LogP contribution in [0.1, 0.15) is 11.1 Å². The highest BCUT2D eigenvalue weighted by Gasteiger charge is 2.22. The fraction of sp³-hybridized carbons (Fsp3) is 0.250. The lowest BCUT2D eigenvalue weighted by atomic mass is 10.2. The van der Waals surface area contributed by atoms with Gasteiger partial charge in [0.1, 0.15) is 0 Å². The summed E-state index contributed by atoms with van der Waals surface area (Å²) < 4.78 is 54.2. The first kappa shape index (κ1) is 19.9. The third-order valence-electron chi connectivity index (χ3n) is 3.64. The molecule has 0 heterocycles. The number of hydrogen-bond acceptors (Lipinski definition) is 4. The molecule has 9 heteroatoms. The Hall–Kier alpha value is -1.42. The Kier molecular flexibility index (Phi) is 5.62. The van der Waals surface area contributed by atoms with Gasteiger partial charge in [-0.05, 0) is 55.3 Å². The summed E-state index contributed by atoms with van der Waals surface area (Å²) in [6.07, 6.45) is 0. The van der Waals surface area contributed by atoms with E-state index in [1.165, 1.54) is 38.4 Å². The van der Waals surface area contributed by atoms with Crippen molar-refractivity contribution in [3.05, 3.63) is 52.0 Å². The summed E-state index contributed by atoms with van der Waals surface area (Å²) in [4.78, 5) is 0.162. The van der Waals surface area contributed by atoms with Gasteiger partial charge in [0, 0.05) is 18.6 Å². The van der Waals surface area contributed by atoms with Gasteiger partial charge in [0.2, 0.25) is 10.0 Å². The molecule has 0 aliphatic carbocycles. The molecule has 25 heavy (non-hydrogen) atoms. The summed E-state index contributed by atoms with van der Waals surface area (Å²) in [6, 6.07) is 9.10. The van der Waals surface area contributed by atoms with Gasteiger partial charge >= 0.3 is 0 Å². The van der Waals surface area contributed by atoms with Crippen LogP contribution in [-0.2, 0) is 20.0 Å². The van der Waals surface area contributed by atoms with Crippen molar-refractivity contribution in [1.29, 1.82) is 0 Å². The van der Waals surface area contributed by atoms with Crippen LogP contribution in [0.3, 0.4) is 0 Å². The van der Waals surface area contributed by atoms with Crippen LogP contribution in [0.15, 0.2) is 50.7 Å². The molecule has 2 aromatic carbocycles. The minimum atomic E-state index is -3.83. The molecule has 6 nitrogen and oxygen atoms in total. The number of sulfonamides is 2. The maximum atomic E-state index is 12.6. The molecule has 0 amide bonds. The van der Waals surface area contributed by atoms with Gasteiger partial charge in [0.05, 0.1) is 15.5 Å². The van der Waals surface area contributed by atoms with Crippen LogP contribution in [0.5, 0.6) is 0 Å². The van der Waals surface area contributed by atoms with Gasteiger partial charge in [0.25, 0.3) is 10.0 Å². The molecule has 2 aromatic rings. The Balaban J connectivity index is 2.45. The summed E-state index contributed by atoms with van der Waals surface area (Å²) >= 11 is 3.33. The van der Waals surface area contributed by atoms with Gasteiger partial charge in [-0.15, -0.1) is 0 Å². The topological polar surface area (TPSA) is 83.5 Å². The fourth-order valence-corrected chi connectivity index (χ4v) is 4.66. The lowest BCUT2D eigenvalue weighted by molar-refractivity contribution is 0.520. The smallest absolute Gasteiger partial charge is 0.261 e. The molecule has 0 saturated heterocycles. The summed E-state index contributed by atoms with van der Waals surface area (Å²) in [7, 11) is -4.64. The molecular weight excluding hydrogens is 428 g/mol. The van der Waals surface area contributed by atoms with Gasteiger partial charge in [-0.25, -0.2) is 21.1 Å². The van der Waals surface area contributed by atoms with Crippen LogP contribution in [0, 0.1) is 13.8 Å². The van der Waals surface area contributed by atoms with Crippen LogP contribution < -0.4 is 4.72 Å². The average Bonchev–Trinajstić information content (AvgIpc) is 2.51. The highest BCUT2D eigenvalue weighted by atomic mass is 79.9. The Labute approximate surface area is 157 Å². The molecule has 0 aliphatic rings. The maximum absolute atomic E-state index is 12.6. The summed E-state index contributed by atoms with van der Waals surface area (Å²) in [5.74, 6) is 0. The van der Waals surface area contributed by atoms with Crippen molar-refractivity contribution in [2.24, 2.45) is 0 Å². The van der Waals surface area contributed by atoms with Crippen molar-refractivity contribution in [3.63, 3.8) is 0 Å². The Morgan fingerprint density at radius 2 is 1.56 bits per heavy atom. The molecule has 0 aliphatic heterocycles. The van der Waals surface area contributed by atoms with Crippen LogP contribution in [0.25, 0.3) is 0 Å². The van der Waals surface area contributed by atoms with Crippen LogP contribution >= 0.6 is 15.9 Å². The lowest BCUT2D eigenvalue weighted by Crippen LogP contribution is -2.23. The zero-order valence-electron chi connectivity index (χ0n) is 14.2. The number of anilines is 1. The number of rotatable bonds is 5. The third kappa shape index (κ3) is 4.22. The number of aryl methyl sites for hydroxylation is 2. The number of benzene rings is 2. The van der Waals surface area contributed by atoms with Crippen molar-refractivity contribution >= 4 is 41.7 Å². The lowest BCUT2D eigenvalue weighted by Gasteiger charge is -2.15. The molecule has 0 aromatic heterocycles. The van der Waals surface area contributed by atoms with E-state index < -0.39 is 20.0 Å². The molecule has 1 N–H and O–H groups in total. The van der Waals surface area contributed by atoms with Gasteiger partial charge in [-0.2, -0.15) is 0 Å². The zero-order chi connectivity index (χ0) is 19.0. The number of nitrogens with zero attached hydrogens (tertiary/aromatic N) is 1. The van der Waals surface area contributed by atoms with E-state index in [2.05, 4.69) is 20.7 Å². The quantitative estimate of drug-likeness (QED) is 0.764. The molecule has 0 unspecified atom stereocenters. The largest absolute Gasteiger partial charge is 0.280 e. The SMILES string of the molecule is Cc1cc(S(=O)(=O)Nc2ccc(C)c(S(=O)(=O)N(C)C)c2)ccc1Br. The Morgan fingerprint density at radius 3 is 2.12 bits per heavy atom. The highest BCUT2D eigenvalue weighted by molar-refractivity contribution is 9.10. The molecule has 2 rings (SSSR count). The number of halogens is 1. The minimum Gasteiger partial charge on any atom is -0.280 e. The van der Waals surface area contributed by atoms with Crippen LogP contribution in [0.2, 0.25) is 0 Å². The first-order chi connectivity index (χ1) is 11.4. The van der Waals surface area contributed by atoms with E-state index in [0.29, 0.717) is 5.56 Å². The van der Waals surface area contributed by atoms with E-state index >= 15 is 0 Å². The standard InChI is InChI=1S/C16H19BrN2O4S2/c1-11-5-6-13(10-16(11)25(22,23)19(3)4)18-24(20,21)14-7-8-15(17)12(2)9-14/h5-10,18H,1-4H3.